The molecule has 0 saturated heterocycles. The van der Waals surface area contributed by atoms with Crippen molar-refractivity contribution in [1.82, 2.24) is 0 Å². The van der Waals surface area contributed by atoms with Crippen LogP contribution in [0.5, 0.6) is 11.5 Å². The van der Waals surface area contributed by atoms with Crippen molar-refractivity contribution in [1.29, 1.82) is 0 Å². The molecule has 2 heteroatoms. The molecule has 2 rings (SSSR count). The third kappa shape index (κ3) is 1.87. The molecule has 0 amide bonds. The van der Waals surface area contributed by atoms with Crippen molar-refractivity contribution in [3.63, 3.8) is 0 Å². The lowest BCUT2D eigenvalue weighted by Crippen LogP contribution is -1.84. The van der Waals surface area contributed by atoms with Crippen molar-refractivity contribution in [2.45, 2.75) is 13.8 Å². The zero-order chi connectivity index (χ0) is 11.7. The van der Waals surface area contributed by atoms with E-state index in [0.717, 1.165) is 22.3 Å². The van der Waals surface area contributed by atoms with Crippen molar-refractivity contribution in [2.75, 3.05) is 0 Å². The highest BCUT2D eigenvalue weighted by Crippen LogP contribution is 2.29. The van der Waals surface area contributed by atoms with Crippen molar-refractivity contribution >= 4 is 0 Å². The van der Waals surface area contributed by atoms with E-state index < -0.39 is 0 Å². The molecule has 16 heavy (non-hydrogen) atoms. The van der Waals surface area contributed by atoms with E-state index in [1.807, 2.05) is 26.0 Å². The van der Waals surface area contributed by atoms with E-state index in [9.17, 15) is 10.2 Å². The van der Waals surface area contributed by atoms with Gasteiger partial charge in [-0.15, -0.1) is 0 Å². The largest absolute Gasteiger partial charge is 0.507 e. The minimum absolute atomic E-state index is 0.0102. The second-order valence-corrected chi connectivity index (χ2v) is 3.98. The predicted molar refractivity (Wildman–Crippen MR) is 63.1 cm³/mol. The van der Waals surface area contributed by atoms with Crippen LogP contribution < -0.4 is 0 Å². The molecule has 0 heterocycles. The quantitative estimate of drug-likeness (QED) is 0.768. The van der Waals surface area contributed by atoms with Crippen LogP contribution in [-0.4, -0.2) is 5.11 Å². The molecule has 2 aromatic carbocycles. The fraction of sp³-hybridized carbons (Fsp3) is 0.143. The second kappa shape index (κ2) is 3.89. The molecule has 0 bridgehead atoms. The Morgan fingerprint density at radius 1 is 0.875 bits per heavy atom. The molecule has 0 aliphatic rings. The summed E-state index contributed by atoms with van der Waals surface area (Å²) in [6, 6.07) is 10.5. The molecule has 2 nitrogen and oxygen atoms in total. The van der Waals surface area contributed by atoms with Gasteiger partial charge in [0, 0.05) is 0 Å². The van der Waals surface area contributed by atoms with Gasteiger partial charge in [0.1, 0.15) is 5.75 Å². The molecular weight excluding hydrogens is 200 g/mol. The average Bonchev–Trinajstić information content (AvgIpc) is 2.26. The van der Waals surface area contributed by atoms with Crippen molar-refractivity contribution in [3.05, 3.63) is 47.5 Å². The maximum atomic E-state index is 11.0. The number of rotatable bonds is 1. The van der Waals surface area contributed by atoms with Gasteiger partial charge in [-0.2, -0.15) is 0 Å². The van der Waals surface area contributed by atoms with Crippen LogP contribution in [0.1, 0.15) is 11.1 Å². The van der Waals surface area contributed by atoms with Gasteiger partial charge in [0.2, 0.25) is 0 Å². The first-order valence-corrected chi connectivity index (χ1v) is 5.15. The summed E-state index contributed by atoms with van der Waals surface area (Å²) in [6.07, 6.45) is 0. The van der Waals surface area contributed by atoms with Crippen molar-refractivity contribution < 1.29 is 10.2 Å². The van der Waals surface area contributed by atoms with E-state index >= 15 is 0 Å². The van der Waals surface area contributed by atoms with Crippen LogP contribution in [0.4, 0.5) is 0 Å². The lowest BCUT2D eigenvalue weighted by molar-refractivity contribution is 0.355. The summed E-state index contributed by atoms with van der Waals surface area (Å²) in [5.41, 5.74) is 3.71. The molecule has 2 aromatic rings. The summed E-state index contributed by atoms with van der Waals surface area (Å²) < 4.78 is 0. The lowest BCUT2D eigenvalue weighted by atomic mass is 10.00. The normalized spacial score (nSPS) is 10.4. The first-order valence-electron chi connectivity index (χ1n) is 5.15. The lowest BCUT2D eigenvalue weighted by Gasteiger charge is -2.07. The predicted octanol–water partition coefficient (Wildman–Crippen LogP) is 3.82. The van der Waals surface area contributed by atoms with Gasteiger partial charge in [0.25, 0.3) is 0 Å². The summed E-state index contributed by atoms with van der Waals surface area (Å²) in [4.78, 5) is 0. The van der Waals surface area contributed by atoms with Gasteiger partial charge >= 0.3 is 0 Å². The highest BCUT2D eigenvalue weighted by atomic mass is 16.3. The van der Waals surface area contributed by atoms with Crippen molar-refractivity contribution in [2.24, 2.45) is 0 Å². The molecule has 0 aromatic heterocycles. The molecular formula is C14H13O2. The zero-order valence-corrected chi connectivity index (χ0v) is 9.32. The zero-order valence-electron chi connectivity index (χ0n) is 9.32. The van der Waals surface area contributed by atoms with Crippen LogP contribution in [0.15, 0.2) is 36.4 Å². The fourth-order valence-corrected chi connectivity index (χ4v) is 1.77. The molecule has 1 radical (unpaired) electrons. The fourth-order valence-electron chi connectivity index (χ4n) is 1.77. The number of aryl methyl sites for hydroxylation is 2. The number of phenolic OH excluding ortho intramolecular Hbond substituents is 1. The molecule has 1 N–H and O–H groups in total. The van der Waals surface area contributed by atoms with Crippen LogP contribution in [0.3, 0.4) is 0 Å². The van der Waals surface area contributed by atoms with E-state index in [0.29, 0.717) is 5.75 Å². The average molecular weight is 213 g/mol. The molecule has 0 atom stereocenters. The SMILES string of the molecule is Cc1cc(-c2ccc([O])cc2)cc(C)c1O. The third-order valence-electron chi connectivity index (χ3n) is 2.68. The Morgan fingerprint density at radius 2 is 1.38 bits per heavy atom. The topological polar surface area (TPSA) is 40.1 Å². The molecule has 0 aliphatic heterocycles. The van der Waals surface area contributed by atoms with Gasteiger partial charge in [-0.1, -0.05) is 12.1 Å². The second-order valence-electron chi connectivity index (χ2n) is 3.98. The van der Waals surface area contributed by atoms with Crippen LogP contribution >= 0.6 is 0 Å². The Balaban J connectivity index is 2.52. The van der Waals surface area contributed by atoms with Gasteiger partial charge in [-0.25, -0.2) is 0 Å². The first kappa shape index (κ1) is 10.6. The molecule has 0 aliphatic carbocycles. The van der Waals surface area contributed by atoms with Gasteiger partial charge in [0.15, 0.2) is 5.75 Å². The van der Waals surface area contributed by atoms with E-state index in [2.05, 4.69) is 0 Å². The van der Waals surface area contributed by atoms with Gasteiger partial charge < -0.3 is 5.11 Å². The Bertz CT molecular complexity index is 490. The molecule has 0 fully saturated rings. The number of hydrogen-bond acceptors (Lipinski definition) is 1. The Kier molecular flexibility index (Phi) is 2.57. The van der Waals surface area contributed by atoms with Crippen LogP contribution in [-0.2, 0) is 5.11 Å². The molecule has 0 unspecified atom stereocenters. The maximum Gasteiger partial charge on any atom is 0.178 e. The summed E-state index contributed by atoms with van der Waals surface area (Å²) in [7, 11) is 0. The summed E-state index contributed by atoms with van der Waals surface area (Å²) >= 11 is 0. The Hall–Kier alpha value is -1.96. The highest BCUT2D eigenvalue weighted by Gasteiger charge is 2.05. The Labute approximate surface area is 94.8 Å². The number of phenols is 1. The molecule has 0 saturated carbocycles. The Morgan fingerprint density at radius 3 is 1.88 bits per heavy atom. The van der Waals surface area contributed by atoms with E-state index in [1.165, 1.54) is 0 Å². The standard InChI is InChI=1S/C14H13O2/c1-9-7-12(8-10(2)14(9)16)11-3-5-13(15)6-4-11/h3-8,16H,1-2H3. The van der Waals surface area contributed by atoms with E-state index in [-0.39, 0.29) is 5.75 Å². The van der Waals surface area contributed by atoms with Crippen LogP contribution in [0, 0.1) is 13.8 Å². The van der Waals surface area contributed by atoms with E-state index in [1.54, 1.807) is 24.3 Å². The van der Waals surface area contributed by atoms with Crippen molar-refractivity contribution in [3.8, 4) is 22.6 Å². The van der Waals surface area contributed by atoms with Gasteiger partial charge in [-0.05, 0) is 60.4 Å². The molecule has 81 valence electrons. The summed E-state index contributed by atoms with van der Waals surface area (Å²) in [5, 5.41) is 20.7. The maximum absolute atomic E-state index is 11.0. The van der Waals surface area contributed by atoms with Crippen LogP contribution in [0.2, 0.25) is 0 Å². The monoisotopic (exact) mass is 213 g/mol. The highest BCUT2D eigenvalue weighted by molar-refractivity contribution is 5.67. The smallest absolute Gasteiger partial charge is 0.178 e. The first-order chi connectivity index (χ1) is 7.58. The number of hydrogen-bond donors (Lipinski definition) is 1. The van der Waals surface area contributed by atoms with Crippen LogP contribution in [0.25, 0.3) is 11.1 Å². The molecule has 0 spiro atoms. The number of aromatic hydroxyl groups is 1. The summed E-state index contributed by atoms with van der Waals surface area (Å²) in [5.74, 6) is 0.347. The number of benzene rings is 2. The summed E-state index contributed by atoms with van der Waals surface area (Å²) in [6.45, 7) is 3.74. The van der Waals surface area contributed by atoms with E-state index in [4.69, 9.17) is 0 Å². The minimum Gasteiger partial charge on any atom is -0.507 e. The van der Waals surface area contributed by atoms with Gasteiger partial charge in [0.05, 0.1) is 0 Å². The minimum atomic E-state index is 0.0102. The third-order valence-corrected chi connectivity index (χ3v) is 2.68. The van der Waals surface area contributed by atoms with Gasteiger partial charge in [-0.3, -0.25) is 5.11 Å².